The van der Waals surface area contributed by atoms with Gasteiger partial charge in [-0.3, -0.25) is 4.79 Å². The van der Waals surface area contributed by atoms with E-state index < -0.39 is 0 Å². The highest BCUT2D eigenvalue weighted by Gasteiger charge is 2.37. The van der Waals surface area contributed by atoms with Crippen molar-refractivity contribution in [1.82, 2.24) is 19.4 Å². The average molecular weight is 429 g/mol. The molecular weight excluding hydrogens is 404 g/mol. The summed E-state index contributed by atoms with van der Waals surface area (Å²) in [5.41, 5.74) is 2.60. The Kier molecular flexibility index (Phi) is 5.56. The SMILES string of the molecule is COc1ccc(C(C)N2CC(C(C)Oc3nc(Cl)cc4ncn(C)c34)CC2=O)cc1. The standard InChI is InChI=1S/C22H25ClN4O3/c1-13(15-5-7-17(29-4)8-6-15)27-11-16(9-20(27)28)14(2)30-22-21-18(10-19(23)25-22)24-12-26(21)3/h5-8,10,12-14,16H,9,11H2,1-4H3. The molecule has 3 heterocycles. The van der Waals surface area contributed by atoms with Crippen LogP contribution in [0.3, 0.4) is 0 Å². The highest BCUT2D eigenvalue weighted by molar-refractivity contribution is 6.30. The minimum Gasteiger partial charge on any atom is -0.497 e. The number of methoxy groups -OCH3 is 1. The van der Waals surface area contributed by atoms with Gasteiger partial charge in [0.05, 0.1) is 25.0 Å². The zero-order chi connectivity index (χ0) is 21.4. The Labute approximate surface area is 180 Å². The molecule has 0 saturated carbocycles. The number of imidazole rings is 1. The van der Waals surface area contributed by atoms with Crippen LogP contribution in [0.1, 0.15) is 31.9 Å². The number of benzene rings is 1. The first-order valence-electron chi connectivity index (χ1n) is 9.95. The second kappa shape index (κ2) is 8.14. The highest BCUT2D eigenvalue weighted by atomic mass is 35.5. The van der Waals surface area contributed by atoms with Gasteiger partial charge in [-0.15, -0.1) is 0 Å². The van der Waals surface area contributed by atoms with Crippen LogP contribution in [-0.4, -0.2) is 45.1 Å². The van der Waals surface area contributed by atoms with E-state index in [-0.39, 0.29) is 24.0 Å². The van der Waals surface area contributed by atoms with E-state index in [0.717, 1.165) is 22.3 Å². The number of ether oxygens (including phenoxy) is 2. The lowest BCUT2D eigenvalue weighted by atomic mass is 10.0. The smallest absolute Gasteiger partial charge is 0.241 e. The summed E-state index contributed by atoms with van der Waals surface area (Å²) in [6.45, 7) is 4.65. The summed E-state index contributed by atoms with van der Waals surface area (Å²) in [6, 6.07) is 9.52. The first kappa shape index (κ1) is 20.5. The molecule has 3 unspecified atom stereocenters. The number of likely N-dealkylation sites (tertiary alicyclic amines) is 1. The topological polar surface area (TPSA) is 69.5 Å². The Balaban J connectivity index is 1.49. The van der Waals surface area contributed by atoms with Gasteiger partial charge in [0.2, 0.25) is 11.8 Å². The normalized spacial score (nSPS) is 18.6. The molecule has 7 nitrogen and oxygen atoms in total. The molecule has 1 fully saturated rings. The summed E-state index contributed by atoms with van der Waals surface area (Å²) < 4.78 is 13.3. The summed E-state index contributed by atoms with van der Waals surface area (Å²) in [6.07, 6.45) is 1.94. The van der Waals surface area contributed by atoms with Crippen molar-refractivity contribution in [2.45, 2.75) is 32.4 Å². The van der Waals surface area contributed by atoms with Gasteiger partial charge in [-0.1, -0.05) is 23.7 Å². The molecule has 2 aromatic heterocycles. The predicted octanol–water partition coefficient (Wildman–Crippen LogP) is 4.01. The lowest BCUT2D eigenvalue weighted by Crippen LogP contribution is -2.31. The van der Waals surface area contributed by atoms with Gasteiger partial charge in [-0.25, -0.2) is 4.98 Å². The number of pyridine rings is 1. The van der Waals surface area contributed by atoms with Gasteiger partial charge in [0, 0.05) is 32.0 Å². The van der Waals surface area contributed by atoms with Gasteiger partial charge in [0.15, 0.2) is 0 Å². The number of nitrogens with zero attached hydrogens (tertiary/aromatic N) is 4. The van der Waals surface area contributed by atoms with E-state index in [1.54, 1.807) is 19.5 Å². The molecule has 1 saturated heterocycles. The van der Waals surface area contributed by atoms with Crippen molar-refractivity contribution >= 4 is 28.5 Å². The van der Waals surface area contributed by atoms with Gasteiger partial charge in [-0.05, 0) is 31.5 Å². The van der Waals surface area contributed by atoms with E-state index >= 15 is 0 Å². The second-order valence-electron chi connectivity index (χ2n) is 7.76. The molecule has 0 radical (unpaired) electrons. The maximum Gasteiger partial charge on any atom is 0.241 e. The summed E-state index contributed by atoms with van der Waals surface area (Å²) in [5.74, 6) is 1.43. The maximum atomic E-state index is 12.8. The molecule has 1 aliphatic heterocycles. The molecule has 3 aromatic rings. The van der Waals surface area contributed by atoms with Crippen molar-refractivity contribution in [3.8, 4) is 11.6 Å². The highest BCUT2D eigenvalue weighted by Crippen LogP contribution is 2.33. The molecular formula is C22H25ClN4O3. The number of hydrogen-bond donors (Lipinski definition) is 0. The molecule has 4 rings (SSSR count). The second-order valence-corrected chi connectivity index (χ2v) is 8.14. The van der Waals surface area contributed by atoms with Gasteiger partial charge >= 0.3 is 0 Å². The summed E-state index contributed by atoms with van der Waals surface area (Å²) in [7, 11) is 3.53. The number of carbonyl (C=O) groups is 1. The average Bonchev–Trinajstić information content (AvgIpc) is 3.30. The van der Waals surface area contributed by atoms with Crippen LogP contribution in [0.2, 0.25) is 5.15 Å². The monoisotopic (exact) mass is 428 g/mol. The zero-order valence-corrected chi connectivity index (χ0v) is 18.3. The predicted molar refractivity (Wildman–Crippen MR) is 115 cm³/mol. The van der Waals surface area contributed by atoms with Gasteiger partial charge in [0.1, 0.15) is 22.5 Å². The lowest BCUT2D eigenvalue weighted by molar-refractivity contribution is -0.129. The van der Waals surface area contributed by atoms with Crippen LogP contribution in [-0.2, 0) is 11.8 Å². The van der Waals surface area contributed by atoms with E-state index in [1.807, 2.05) is 54.6 Å². The van der Waals surface area contributed by atoms with E-state index in [9.17, 15) is 4.79 Å². The number of fused-ring (bicyclic) bond motifs is 1. The summed E-state index contributed by atoms with van der Waals surface area (Å²) in [5, 5.41) is 0.334. The van der Waals surface area contributed by atoms with Crippen LogP contribution >= 0.6 is 11.6 Å². The fourth-order valence-corrected chi connectivity index (χ4v) is 4.16. The minimum atomic E-state index is -0.203. The number of halogens is 1. The van der Waals surface area contributed by atoms with E-state index in [4.69, 9.17) is 21.1 Å². The largest absolute Gasteiger partial charge is 0.497 e. The van der Waals surface area contributed by atoms with Crippen molar-refractivity contribution in [2.75, 3.05) is 13.7 Å². The first-order valence-corrected chi connectivity index (χ1v) is 10.3. The van der Waals surface area contributed by atoms with E-state index in [0.29, 0.717) is 24.0 Å². The third-order valence-electron chi connectivity index (χ3n) is 5.85. The van der Waals surface area contributed by atoms with Crippen LogP contribution in [0, 0.1) is 5.92 Å². The lowest BCUT2D eigenvalue weighted by Gasteiger charge is -2.26. The van der Waals surface area contributed by atoms with Crippen molar-refractivity contribution < 1.29 is 14.3 Å². The molecule has 0 aliphatic carbocycles. The molecule has 1 aliphatic rings. The van der Waals surface area contributed by atoms with Gasteiger partial charge < -0.3 is 18.9 Å². The number of carbonyl (C=O) groups excluding carboxylic acids is 1. The summed E-state index contributed by atoms with van der Waals surface area (Å²) >= 11 is 6.14. The minimum absolute atomic E-state index is 0.0197. The number of aromatic nitrogens is 3. The van der Waals surface area contributed by atoms with Crippen LogP contribution in [0.4, 0.5) is 0 Å². The Morgan fingerprint density at radius 3 is 2.67 bits per heavy atom. The fraction of sp³-hybridized carbons (Fsp3) is 0.409. The molecule has 0 bridgehead atoms. The van der Waals surface area contributed by atoms with Crippen molar-refractivity contribution in [3.63, 3.8) is 0 Å². The van der Waals surface area contributed by atoms with Crippen LogP contribution < -0.4 is 9.47 Å². The number of amides is 1. The van der Waals surface area contributed by atoms with Crippen LogP contribution in [0.5, 0.6) is 11.6 Å². The molecule has 1 amide bonds. The van der Waals surface area contributed by atoms with Crippen molar-refractivity contribution in [1.29, 1.82) is 0 Å². The number of rotatable bonds is 6. The van der Waals surface area contributed by atoms with Gasteiger partial charge in [0.25, 0.3) is 0 Å². The first-order chi connectivity index (χ1) is 14.4. The Hall–Kier alpha value is -2.80. The van der Waals surface area contributed by atoms with Crippen LogP contribution in [0.25, 0.3) is 11.0 Å². The molecule has 1 aromatic carbocycles. The Bertz CT molecular complexity index is 1070. The third-order valence-corrected chi connectivity index (χ3v) is 6.04. The number of aryl methyl sites for hydroxylation is 1. The Morgan fingerprint density at radius 2 is 1.97 bits per heavy atom. The van der Waals surface area contributed by atoms with Gasteiger partial charge in [-0.2, -0.15) is 4.98 Å². The third kappa shape index (κ3) is 3.81. The molecule has 30 heavy (non-hydrogen) atoms. The maximum absolute atomic E-state index is 12.8. The molecule has 0 N–H and O–H groups in total. The van der Waals surface area contributed by atoms with Crippen molar-refractivity contribution in [3.05, 3.63) is 47.4 Å². The van der Waals surface area contributed by atoms with Crippen LogP contribution in [0.15, 0.2) is 36.7 Å². The fourth-order valence-electron chi connectivity index (χ4n) is 3.98. The van der Waals surface area contributed by atoms with E-state index in [2.05, 4.69) is 9.97 Å². The number of hydrogen-bond acceptors (Lipinski definition) is 5. The summed E-state index contributed by atoms with van der Waals surface area (Å²) in [4.78, 5) is 23.3. The van der Waals surface area contributed by atoms with E-state index in [1.165, 1.54) is 0 Å². The Morgan fingerprint density at radius 1 is 1.23 bits per heavy atom. The molecule has 3 atom stereocenters. The molecule has 158 valence electrons. The molecule has 8 heteroatoms. The van der Waals surface area contributed by atoms with Crippen molar-refractivity contribution in [2.24, 2.45) is 13.0 Å². The quantitative estimate of drug-likeness (QED) is 0.555. The molecule has 0 spiro atoms. The zero-order valence-electron chi connectivity index (χ0n) is 17.5.